The van der Waals surface area contributed by atoms with Crippen molar-refractivity contribution in [2.75, 3.05) is 25.4 Å². The number of nitrogens with one attached hydrogen (secondary N) is 1. The zero-order chi connectivity index (χ0) is 17.4. The van der Waals surface area contributed by atoms with Gasteiger partial charge in [0.25, 0.3) is 0 Å². The van der Waals surface area contributed by atoms with E-state index >= 15 is 0 Å². The first-order valence-corrected chi connectivity index (χ1v) is 8.70. The molecule has 6 nitrogen and oxygen atoms in total. The number of piperazine rings is 1. The molecule has 1 fully saturated rings. The van der Waals surface area contributed by atoms with E-state index in [-0.39, 0.29) is 6.04 Å². The molecule has 1 saturated heterocycles. The molecule has 0 saturated carbocycles. The van der Waals surface area contributed by atoms with Crippen LogP contribution in [0.2, 0.25) is 0 Å². The molecule has 0 aliphatic carbocycles. The molecule has 0 amide bonds. The first kappa shape index (κ1) is 16.1. The molecule has 2 aliphatic rings. The van der Waals surface area contributed by atoms with Gasteiger partial charge in [-0.3, -0.25) is 9.88 Å². The summed E-state index contributed by atoms with van der Waals surface area (Å²) >= 11 is 0. The molecule has 0 radical (unpaired) electrons. The van der Waals surface area contributed by atoms with E-state index in [1.807, 2.05) is 25.3 Å². The fourth-order valence-electron chi connectivity index (χ4n) is 3.54. The van der Waals surface area contributed by atoms with Gasteiger partial charge < -0.3 is 10.7 Å². The predicted octanol–water partition coefficient (Wildman–Crippen LogP) is 1.94. The number of nitrogens with zero attached hydrogens (tertiary/aromatic N) is 4. The molecule has 130 valence electrons. The smallest absolute Gasteiger partial charge is 0.128 e. The van der Waals surface area contributed by atoms with Crippen LogP contribution in [0.15, 0.2) is 42.2 Å². The average Bonchev–Trinajstić information content (AvgIpc) is 3.01. The predicted molar refractivity (Wildman–Crippen MR) is 98.3 cm³/mol. The van der Waals surface area contributed by atoms with Gasteiger partial charge in [0.15, 0.2) is 0 Å². The standard InChI is InChI=1S/C19H24N6/c1-13-4-3-7-21-18(13)17-10-16-12-24(8-9-25(16)23-17)11-15-6-5-14(2)22-19(15)20/h3-7,10,17,23H,8-9,11-12H2,1-2H3,(H2,20,22). The highest BCUT2D eigenvalue weighted by Gasteiger charge is 2.30. The van der Waals surface area contributed by atoms with Gasteiger partial charge in [-0.2, -0.15) is 0 Å². The number of aromatic nitrogens is 2. The van der Waals surface area contributed by atoms with E-state index in [1.54, 1.807) is 0 Å². The Labute approximate surface area is 148 Å². The van der Waals surface area contributed by atoms with Crippen LogP contribution in [0.3, 0.4) is 0 Å². The van der Waals surface area contributed by atoms with E-state index in [2.05, 4.69) is 50.4 Å². The molecule has 4 heterocycles. The fraction of sp³-hybridized carbons (Fsp3) is 0.368. The Hall–Kier alpha value is -2.44. The minimum absolute atomic E-state index is 0.155. The summed E-state index contributed by atoms with van der Waals surface area (Å²) in [4.78, 5) is 11.3. The maximum atomic E-state index is 6.08. The molecular formula is C19H24N6. The number of aryl methyl sites for hydroxylation is 2. The van der Waals surface area contributed by atoms with Gasteiger partial charge in [0.2, 0.25) is 0 Å². The molecule has 1 unspecified atom stereocenters. The first-order chi connectivity index (χ1) is 12.1. The average molecular weight is 336 g/mol. The number of rotatable bonds is 3. The summed E-state index contributed by atoms with van der Waals surface area (Å²) < 4.78 is 0. The summed E-state index contributed by atoms with van der Waals surface area (Å²) in [5, 5.41) is 2.26. The van der Waals surface area contributed by atoms with E-state index in [0.717, 1.165) is 43.1 Å². The molecule has 6 heteroatoms. The highest BCUT2D eigenvalue weighted by atomic mass is 15.6. The van der Waals surface area contributed by atoms with Crippen LogP contribution in [-0.2, 0) is 6.54 Å². The maximum Gasteiger partial charge on any atom is 0.128 e. The molecule has 0 aromatic carbocycles. The summed E-state index contributed by atoms with van der Waals surface area (Å²) in [6, 6.07) is 8.36. The molecule has 0 bridgehead atoms. The molecule has 2 aliphatic heterocycles. The van der Waals surface area contributed by atoms with Gasteiger partial charge in [0.1, 0.15) is 5.82 Å². The third kappa shape index (κ3) is 3.23. The zero-order valence-corrected chi connectivity index (χ0v) is 14.7. The molecule has 25 heavy (non-hydrogen) atoms. The van der Waals surface area contributed by atoms with Crippen LogP contribution in [0.25, 0.3) is 0 Å². The van der Waals surface area contributed by atoms with Gasteiger partial charge in [-0.05, 0) is 37.6 Å². The van der Waals surface area contributed by atoms with E-state index in [1.165, 1.54) is 11.3 Å². The van der Waals surface area contributed by atoms with Crippen molar-refractivity contribution in [2.45, 2.75) is 26.4 Å². The normalized spacial score (nSPS) is 20.5. The van der Waals surface area contributed by atoms with Crippen molar-refractivity contribution in [1.82, 2.24) is 25.3 Å². The number of anilines is 1. The van der Waals surface area contributed by atoms with Gasteiger partial charge >= 0.3 is 0 Å². The molecule has 0 spiro atoms. The Kier molecular flexibility index (Phi) is 4.15. The number of hydrazine groups is 1. The van der Waals surface area contributed by atoms with Crippen molar-refractivity contribution in [3.8, 4) is 0 Å². The quantitative estimate of drug-likeness (QED) is 0.893. The third-order valence-corrected chi connectivity index (χ3v) is 4.92. The lowest BCUT2D eigenvalue weighted by atomic mass is 10.1. The maximum absolute atomic E-state index is 6.08. The van der Waals surface area contributed by atoms with Crippen LogP contribution in [0.4, 0.5) is 5.82 Å². The largest absolute Gasteiger partial charge is 0.383 e. The SMILES string of the molecule is Cc1ccc(CN2CCN3NC(c4ncccc4C)C=C3C2)c(N)n1. The van der Waals surface area contributed by atoms with Gasteiger partial charge in [-0.25, -0.2) is 10.4 Å². The zero-order valence-electron chi connectivity index (χ0n) is 14.7. The Morgan fingerprint density at radius 1 is 1.24 bits per heavy atom. The van der Waals surface area contributed by atoms with Crippen molar-refractivity contribution in [3.05, 3.63) is 64.8 Å². The van der Waals surface area contributed by atoms with E-state index in [4.69, 9.17) is 5.73 Å². The monoisotopic (exact) mass is 336 g/mol. The lowest BCUT2D eigenvalue weighted by Crippen LogP contribution is -2.47. The number of hydrogen-bond donors (Lipinski definition) is 2. The second kappa shape index (κ2) is 6.46. The highest BCUT2D eigenvalue weighted by Crippen LogP contribution is 2.28. The van der Waals surface area contributed by atoms with Crippen LogP contribution < -0.4 is 11.2 Å². The Morgan fingerprint density at radius 3 is 2.92 bits per heavy atom. The summed E-state index contributed by atoms with van der Waals surface area (Å²) in [5.74, 6) is 0.642. The van der Waals surface area contributed by atoms with Gasteiger partial charge in [0.05, 0.1) is 11.7 Å². The molecular weight excluding hydrogens is 312 g/mol. The minimum Gasteiger partial charge on any atom is -0.383 e. The summed E-state index contributed by atoms with van der Waals surface area (Å²) in [5.41, 5.74) is 15.3. The Morgan fingerprint density at radius 2 is 2.12 bits per heavy atom. The van der Waals surface area contributed by atoms with Crippen molar-refractivity contribution in [3.63, 3.8) is 0 Å². The minimum atomic E-state index is 0.155. The van der Waals surface area contributed by atoms with E-state index < -0.39 is 0 Å². The number of fused-ring (bicyclic) bond motifs is 1. The van der Waals surface area contributed by atoms with Crippen molar-refractivity contribution >= 4 is 5.82 Å². The van der Waals surface area contributed by atoms with Crippen LogP contribution in [0, 0.1) is 13.8 Å². The van der Waals surface area contributed by atoms with Crippen LogP contribution in [0.5, 0.6) is 0 Å². The second-order valence-electron chi connectivity index (χ2n) is 6.83. The number of nitrogen functional groups attached to an aromatic ring is 1. The lowest BCUT2D eigenvalue weighted by Gasteiger charge is -2.35. The number of pyridine rings is 2. The van der Waals surface area contributed by atoms with Crippen molar-refractivity contribution in [2.24, 2.45) is 0 Å². The molecule has 4 rings (SSSR count). The highest BCUT2D eigenvalue weighted by molar-refractivity contribution is 5.40. The van der Waals surface area contributed by atoms with Crippen LogP contribution in [0.1, 0.15) is 28.6 Å². The molecule has 2 aromatic heterocycles. The molecule has 2 aromatic rings. The summed E-state index contributed by atoms with van der Waals surface area (Å²) in [6.45, 7) is 7.76. The molecule has 3 N–H and O–H groups in total. The van der Waals surface area contributed by atoms with Crippen LogP contribution >= 0.6 is 0 Å². The van der Waals surface area contributed by atoms with E-state index in [0.29, 0.717) is 5.82 Å². The number of nitrogens with two attached hydrogens (primary N) is 1. The van der Waals surface area contributed by atoms with Gasteiger partial charge in [-0.1, -0.05) is 12.1 Å². The molecule has 1 atom stereocenters. The summed E-state index contributed by atoms with van der Waals surface area (Å²) in [7, 11) is 0. The van der Waals surface area contributed by atoms with Crippen molar-refractivity contribution in [1.29, 1.82) is 0 Å². The first-order valence-electron chi connectivity index (χ1n) is 8.70. The summed E-state index contributed by atoms with van der Waals surface area (Å²) in [6.07, 6.45) is 4.15. The van der Waals surface area contributed by atoms with Gasteiger partial charge in [-0.15, -0.1) is 0 Å². The second-order valence-corrected chi connectivity index (χ2v) is 6.83. The lowest BCUT2D eigenvalue weighted by molar-refractivity contribution is 0.139. The third-order valence-electron chi connectivity index (χ3n) is 4.92. The topological polar surface area (TPSA) is 70.3 Å². The Bertz CT molecular complexity index is 815. The van der Waals surface area contributed by atoms with Gasteiger partial charge in [0, 0.05) is 49.3 Å². The van der Waals surface area contributed by atoms with E-state index in [9.17, 15) is 0 Å². The van der Waals surface area contributed by atoms with Crippen LogP contribution in [-0.4, -0.2) is 39.5 Å². The number of hydrogen-bond acceptors (Lipinski definition) is 6. The Balaban J connectivity index is 1.48. The fourth-order valence-corrected chi connectivity index (χ4v) is 3.54. The van der Waals surface area contributed by atoms with Crippen molar-refractivity contribution < 1.29 is 0 Å².